The van der Waals surface area contributed by atoms with Crippen molar-refractivity contribution in [3.05, 3.63) is 0 Å². The van der Waals surface area contributed by atoms with Crippen LogP contribution in [0.15, 0.2) is 0 Å². The van der Waals surface area contributed by atoms with E-state index in [0.29, 0.717) is 0 Å². The average molecular weight is 185 g/mol. The van der Waals surface area contributed by atoms with Crippen molar-refractivity contribution in [2.45, 2.75) is 25.3 Å². The molecule has 78 valence electrons. The fourth-order valence-corrected chi connectivity index (χ4v) is 2.12. The molecule has 0 atom stereocenters. The summed E-state index contributed by atoms with van der Waals surface area (Å²) in [6.45, 7) is 6.59. The maximum atomic E-state index is 5.87. The normalized spacial score (nSPS) is 23.8. The monoisotopic (exact) mass is 185 g/mol. The van der Waals surface area contributed by atoms with Crippen molar-refractivity contribution in [1.29, 1.82) is 0 Å². The minimum Gasteiger partial charge on any atom is -0.329 e. The van der Waals surface area contributed by atoms with Crippen molar-refractivity contribution in [1.82, 2.24) is 9.80 Å². The molecule has 1 aliphatic rings. The summed E-state index contributed by atoms with van der Waals surface area (Å²) in [6.07, 6.45) is 2.43. The summed E-state index contributed by atoms with van der Waals surface area (Å²) in [6, 6.07) is 0. The highest BCUT2D eigenvalue weighted by Gasteiger charge is 2.34. The van der Waals surface area contributed by atoms with Gasteiger partial charge in [-0.1, -0.05) is 6.92 Å². The smallest absolute Gasteiger partial charge is 0.0349 e. The standard InChI is InChI=1S/C10H23N3/c1-4-13-7-5-10(9-11,6-8-13)12(2)3/h4-9,11H2,1-3H3. The minimum absolute atomic E-state index is 0.270. The van der Waals surface area contributed by atoms with Gasteiger partial charge in [0.15, 0.2) is 0 Å². The predicted molar refractivity (Wildman–Crippen MR) is 56.8 cm³/mol. The zero-order valence-corrected chi connectivity index (χ0v) is 9.21. The van der Waals surface area contributed by atoms with E-state index < -0.39 is 0 Å². The quantitative estimate of drug-likeness (QED) is 0.689. The molecule has 0 saturated carbocycles. The largest absolute Gasteiger partial charge is 0.329 e. The summed E-state index contributed by atoms with van der Waals surface area (Å²) in [7, 11) is 4.29. The van der Waals surface area contributed by atoms with Crippen molar-refractivity contribution in [2.24, 2.45) is 5.73 Å². The number of hydrogen-bond donors (Lipinski definition) is 1. The van der Waals surface area contributed by atoms with Crippen molar-refractivity contribution in [2.75, 3.05) is 40.3 Å². The molecule has 3 heteroatoms. The third-order valence-corrected chi connectivity index (χ3v) is 3.56. The predicted octanol–water partition coefficient (Wildman–Crippen LogP) is 0.361. The molecule has 0 bridgehead atoms. The summed E-state index contributed by atoms with van der Waals surface area (Å²) >= 11 is 0. The molecule has 13 heavy (non-hydrogen) atoms. The van der Waals surface area contributed by atoms with Crippen LogP contribution in [-0.2, 0) is 0 Å². The number of rotatable bonds is 3. The second kappa shape index (κ2) is 4.40. The summed E-state index contributed by atoms with van der Waals surface area (Å²) in [4.78, 5) is 4.80. The van der Waals surface area contributed by atoms with Crippen LogP contribution in [0.2, 0.25) is 0 Å². The van der Waals surface area contributed by atoms with E-state index in [0.717, 1.165) is 6.54 Å². The molecule has 0 spiro atoms. The van der Waals surface area contributed by atoms with E-state index in [-0.39, 0.29) is 5.54 Å². The molecule has 2 N–H and O–H groups in total. The Labute approximate surface area is 81.9 Å². The van der Waals surface area contributed by atoms with E-state index in [9.17, 15) is 0 Å². The first kappa shape index (κ1) is 11.0. The van der Waals surface area contributed by atoms with Gasteiger partial charge in [0.1, 0.15) is 0 Å². The summed E-state index contributed by atoms with van der Waals surface area (Å²) in [5.41, 5.74) is 6.14. The van der Waals surface area contributed by atoms with Gasteiger partial charge in [0.05, 0.1) is 0 Å². The number of hydrogen-bond acceptors (Lipinski definition) is 3. The maximum absolute atomic E-state index is 5.87. The second-order valence-electron chi connectivity index (χ2n) is 4.26. The molecular weight excluding hydrogens is 162 g/mol. The van der Waals surface area contributed by atoms with Gasteiger partial charge in [0.25, 0.3) is 0 Å². The second-order valence-corrected chi connectivity index (χ2v) is 4.26. The minimum atomic E-state index is 0.270. The number of nitrogens with zero attached hydrogens (tertiary/aromatic N) is 2. The van der Waals surface area contributed by atoms with Crippen molar-refractivity contribution in [3.8, 4) is 0 Å². The highest BCUT2D eigenvalue weighted by Crippen LogP contribution is 2.25. The Hall–Kier alpha value is -0.120. The first-order valence-electron chi connectivity index (χ1n) is 5.24. The van der Waals surface area contributed by atoms with Crippen LogP contribution in [0.4, 0.5) is 0 Å². The maximum Gasteiger partial charge on any atom is 0.0349 e. The van der Waals surface area contributed by atoms with Gasteiger partial charge in [-0.05, 0) is 46.6 Å². The zero-order valence-electron chi connectivity index (χ0n) is 9.21. The summed E-state index contributed by atoms with van der Waals surface area (Å²) in [5.74, 6) is 0. The van der Waals surface area contributed by atoms with E-state index >= 15 is 0 Å². The molecule has 1 fully saturated rings. The third kappa shape index (κ3) is 2.22. The number of likely N-dealkylation sites (tertiary alicyclic amines) is 1. The Morgan fingerprint density at radius 3 is 2.15 bits per heavy atom. The van der Waals surface area contributed by atoms with E-state index in [1.807, 2.05) is 0 Å². The highest BCUT2D eigenvalue weighted by atomic mass is 15.2. The van der Waals surface area contributed by atoms with Gasteiger partial charge >= 0.3 is 0 Å². The first-order chi connectivity index (χ1) is 6.14. The molecule has 0 aromatic rings. The average Bonchev–Trinajstić information content (AvgIpc) is 2.17. The Balaban J connectivity index is 2.53. The van der Waals surface area contributed by atoms with Crippen LogP contribution < -0.4 is 5.73 Å². The lowest BCUT2D eigenvalue weighted by molar-refractivity contribution is 0.0653. The van der Waals surface area contributed by atoms with Crippen molar-refractivity contribution >= 4 is 0 Å². The lowest BCUT2D eigenvalue weighted by atomic mass is 9.86. The number of piperidine rings is 1. The Morgan fingerprint density at radius 2 is 1.85 bits per heavy atom. The van der Waals surface area contributed by atoms with Crippen LogP contribution in [0.1, 0.15) is 19.8 Å². The molecule has 3 nitrogen and oxygen atoms in total. The van der Waals surface area contributed by atoms with E-state index in [1.165, 1.54) is 32.5 Å². The molecular formula is C10H23N3. The zero-order chi connectivity index (χ0) is 9.90. The van der Waals surface area contributed by atoms with E-state index in [4.69, 9.17) is 5.73 Å². The molecule has 1 rings (SSSR count). The Kier molecular flexibility index (Phi) is 3.71. The van der Waals surface area contributed by atoms with Crippen LogP contribution in [-0.4, -0.2) is 55.6 Å². The van der Waals surface area contributed by atoms with Crippen molar-refractivity contribution < 1.29 is 0 Å². The van der Waals surface area contributed by atoms with Crippen LogP contribution in [0, 0.1) is 0 Å². The molecule has 0 aromatic heterocycles. The van der Waals surface area contributed by atoms with Gasteiger partial charge in [0.2, 0.25) is 0 Å². The fourth-order valence-electron chi connectivity index (χ4n) is 2.12. The SMILES string of the molecule is CCN1CCC(CN)(N(C)C)CC1. The van der Waals surface area contributed by atoms with Gasteiger partial charge < -0.3 is 15.5 Å². The van der Waals surface area contributed by atoms with Gasteiger partial charge in [-0.25, -0.2) is 0 Å². The lowest BCUT2D eigenvalue weighted by Crippen LogP contribution is -2.56. The highest BCUT2D eigenvalue weighted by molar-refractivity contribution is 4.93. The van der Waals surface area contributed by atoms with Gasteiger partial charge in [-0.3, -0.25) is 0 Å². The number of likely N-dealkylation sites (N-methyl/N-ethyl adjacent to an activating group) is 1. The summed E-state index contributed by atoms with van der Waals surface area (Å²) in [5, 5.41) is 0. The van der Waals surface area contributed by atoms with Gasteiger partial charge in [0, 0.05) is 12.1 Å². The molecule has 0 amide bonds. The molecule has 1 saturated heterocycles. The van der Waals surface area contributed by atoms with Crippen LogP contribution in [0.3, 0.4) is 0 Å². The lowest BCUT2D eigenvalue weighted by Gasteiger charge is -2.45. The van der Waals surface area contributed by atoms with Crippen LogP contribution in [0.25, 0.3) is 0 Å². The fraction of sp³-hybridized carbons (Fsp3) is 1.00. The molecule has 0 aromatic carbocycles. The molecule has 0 unspecified atom stereocenters. The summed E-state index contributed by atoms with van der Waals surface area (Å²) < 4.78 is 0. The molecule has 1 heterocycles. The molecule has 0 aliphatic carbocycles. The van der Waals surface area contributed by atoms with Crippen LogP contribution >= 0.6 is 0 Å². The Bertz CT molecular complexity index is 148. The third-order valence-electron chi connectivity index (χ3n) is 3.56. The van der Waals surface area contributed by atoms with Crippen molar-refractivity contribution in [3.63, 3.8) is 0 Å². The Morgan fingerprint density at radius 1 is 1.31 bits per heavy atom. The number of nitrogens with two attached hydrogens (primary N) is 1. The topological polar surface area (TPSA) is 32.5 Å². The van der Waals surface area contributed by atoms with Crippen LogP contribution in [0.5, 0.6) is 0 Å². The van der Waals surface area contributed by atoms with E-state index in [1.54, 1.807) is 0 Å². The van der Waals surface area contributed by atoms with E-state index in [2.05, 4.69) is 30.8 Å². The van der Waals surface area contributed by atoms with Gasteiger partial charge in [-0.15, -0.1) is 0 Å². The first-order valence-corrected chi connectivity index (χ1v) is 5.24. The van der Waals surface area contributed by atoms with Gasteiger partial charge in [-0.2, -0.15) is 0 Å². The molecule has 1 aliphatic heterocycles. The molecule has 0 radical (unpaired) electrons.